The first-order valence-electron chi connectivity index (χ1n) is 20.5. The molecule has 0 radical (unpaired) electrons. The maximum absolute atomic E-state index is 14.2. The number of amides is 3. The minimum Gasteiger partial charge on any atom is -0.487 e. The lowest BCUT2D eigenvalue weighted by atomic mass is 9.80. The van der Waals surface area contributed by atoms with Crippen molar-refractivity contribution >= 4 is 85.4 Å². The number of methoxy groups -OCH3 is 1. The molecule has 4 aromatic rings. The first kappa shape index (κ1) is 52.9. The van der Waals surface area contributed by atoms with Gasteiger partial charge in [0, 0.05) is 36.6 Å². The van der Waals surface area contributed by atoms with Crippen molar-refractivity contribution in [3.05, 3.63) is 66.0 Å². The molecule has 0 saturated carbocycles. The van der Waals surface area contributed by atoms with Crippen LogP contribution in [0.5, 0.6) is 5.75 Å². The van der Waals surface area contributed by atoms with E-state index in [2.05, 4.69) is 71.6 Å². The van der Waals surface area contributed by atoms with Gasteiger partial charge in [-0.05, 0) is 72.8 Å². The van der Waals surface area contributed by atoms with Crippen LogP contribution in [-0.2, 0) is 25.7 Å². The quantitative estimate of drug-likeness (QED) is 0.153. The lowest BCUT2D eigenvalue weighted by Gasteiger charge is -2.33. The summed E-state index contributed by atoms with van der Waals surface area (Å²) in [6, 6.07) is 13.5. The molecule has 4 aliphatic rings. The molecule has 3 N–H and O–H groups in total. The maximum Gasteiger partial charge on any atom is 0.407 e. The van der Waals surface area contributed by atoms with Gasteiger partial charge in [-0.1, -0.05) is 65.0 Å². The van der Waals surface area contributed by atoms with Crippen molar-refractivity contribution in [2.24, 2.45) is 23.2 Å². The highest BCUT2D eigenvalue weighted by Gasteiger charge is 2.50. The molecule has 5 atom stereocenters. The molecule has 13 nitrogen and oxygen atoms in total. The normalized spacial score (nSPS) is 20.8. The van der Waals surface area contributed by atoms with E-state index in [0.717, 1.165) is 89.7 Å². The Labute approximate surface area is 400 Å². The number of benzene rings is 2. The van der Waals surface area contributed by atoms with E-state index in [4.69, 9.17) is 24.2 Å². The molecule has 342 valence electrons. The Morgan fingerprint density at radius 3 is 2.23 bits per heavy atom. The van der Waals surface area contributed by atoms with Gasteiger partial charge in [0.15, 0.2) is 0 Å². The Kier molecular flexibility index (Phi) is 18.8. The predicted octanol–water partition coefficient (Wildman–Crippen LogP) is 8.00. The van der Waals surface area contributed by atoms with E-state index >= 15 is 0 Å². The summed E-state index contributed by atoms with van der Waals surface area (Å²) in [5.41, 5.74) is 6.43. The Morgan fingerprint density at radius 1 is 0.855 bits per heavy atom. The van der Waals surface area contributed by atoms with Crippen LogP contribution in [0.15, 0.2) is 48.7 Å². The molecular formula is C44H65N7O6S5. The third-order valence-electron chi connectivity index (χ3n) is 12.7. The van der Waals surface area contributed by atoms with Crippen molar-refractivity contribution in [3.8, 4) is 39.4 Å². The lowest BCUT2D eigenvalue weighted by molar-refractivity contribution is -0.137. The predicted molar refractivity (Wildman–Crippen MR) is 267 cm³/mol. The van der Waals surface area contributed by atoms with Crippen LogP contribution < -0.4 is 10.1 Å². The number of aromatic amines is 2. The average molecular weight is 948 g/mol. The molecular weight excluding hydrogens is 883 g/mol. The average Bonchev–Trinajstić information content (AvgIpc) is 4.05. The molecule has 3 fully saturated rings. The fourth-order valence-corrected chi connectivity index (χ4v) is 9.04. The number of hydrogen-bond donors (Lipinski definition) is 3. The molecule has 0 aliphatic carbocycles. The lowest BCUT2D eigenvalue weighted by Crippen LogP contribution is -2.51. The van der Waals surface area contributed by atoms with Crippen molar-refractivity contribution in [2.45, 2.75) is 91.5 Å². The van der Waals surface area contributed by atoms with Crippen LogP contribution in [0.2, 0.25) is 0 Å². The maximum atomic E-state index is 14.2. The van der Waals surface area contributed by atoms with Gasteiger partial charge in [0.05, 0.1) is 49.1 Å². The molecule has 4 aliphatic heterocycles. The highest BCUT2D eigenvalue weighted by Crippen LogP contribution is 2.49. The highest BCUT2D eigenvalue weighted by atomic mass is 32.1. The number of hydrogen-bond acceptors (Lipinski definition) is 8. The number of H-pyrrole nitrogens is 2. The summed E-state index contributed by atoms with van der Waals surface area (Å²) in [5, 5.41) is 2.77. The van der Waals surface area contributed by atoms with Crippen molar-refractivity contribution in [3.63, 3.8) is 0 Å². The number of likely N-dealkylation sites (tertiary alicyclic amines) is 2. The molecule has 2 aromatic carbocycles. The van der Waals surface area contributed by atoms with E-state index in [1.807, 2.05) is 36.8 Å². The second-order valence-electron chi connectivity index (χ2n) is 17.1. The zero-order valence-electron chi connectivity index (χ0n) is 36.4. The van der Waals surface area contributed by atoms with Gasteiger partial charge in [-0.15, -0.1) is 0 Å². The smallest absolute Gasteiger partial charge is 0.407 e. The van der Waals surface area contributed by atoms with Crippen LogP contribution in [0.1, 0.15) is 96.1 Å². The van der Waals surface area contributed by atoms with Gasteiger partial charge in [0.25, 0.3) is 0 Å². The Hall–Kier alpha value is -3.42. The summed E-state index contributed by atoms with van der Waals surface area (Å²) in [7, 11) is 1.30. The van der Waals surface area contributed by atoms with Crippen LogP contribution in [0.4, 0.5) is 4.79 Å². The molecule has 3 saturated heterocycles. The molecule has 6 heterocycles. The Morgan fingerprint density at radius 2 is 1.56 bits per heavy atom. The van der Waals surface area contributed by atoms with Crippen LogP contribution in [0.3, 0.4) is 0 Å². The standard InChI is InChI=1S/C44H55N7O6.5H2S/c1-25(2)27(5)41(52)50-17-7-9-34(50)39-45-21-32(46-39)29-12-10-28(11-13-29)30-14-15-31-36(19-30)57-22-33-38(31)48-40(47-33)35-20-44(16-8-18-56-24-44)23-51(35)42(53)37(26(3)4)49-43(54)55-6;;;;;/h10-15,19,21,25-27,34-35,37H,7-9,16-18,20,22-24H2,1-6H3,(H,45,46)(H,47,48)(H,49,54);5*1H2/t27-,34-,35-,37-,44-;;;;;/m0...../s1. The van der Waals surface area contributed by atoms with Crippen molar-refractivity contribution in [2.75, 3.05) is 33.4 Å². The minimum absolute atomic E-state index is 0. The molecule has 2 aromatic heterocycles. The van der Waals surface area contributed by atoms with Crippen molar-refractivity contribution in [1.29, 1.82) is 0 Å². The summed E-state index contributed by atoms with van der Waals surface area (Å²) in [6.07, 6.45) is 5.74. The van der Waals surface area contributed by atoms with E-state index in [1.165, 1.54) is 7.11 Å². The fraction of sp³-hybridized carbons (Fsp3) is 0.523. The SMILES string of the molecule is COC(=O)N[C@H](C(=O)N1C[C@]2(CCCOC2)C[C@H]1c1nc2c([nH]1)COc1cc(-c3ccc(-c4cnc([C@@H]5CCCN5C(=O)[C@@H](C)C(C)C)[nH]4)cc3)ccc1-2)C(C)C.S.S.S.S.S. The van der Waals surface area contributed by atoms with Gasteiger partial charge < -0.3 is 39.3 Å². The number of nitrogens with one attached hydrogen (secondary N) is 3. The molecule has 3 amide bonds. The van der Waals surface area contributed by atoms with Gasteiger partial charge in [-0.25, -0.2) is 14.8 Å². The molecule has 1 spiro atoms. The second kappa shape index (κ2) is 22.0. The summed E-state index contributed by atoms with van der Waals surface area (Å²) in [4.78, 5) is 60.5. The number of ether oxygens (including phenoxy) is 3. The summed E-state index contributed by atoms with van der Waals surface area (Å²) in [5.74, 6) is 2.49. The van der Waals surface area contributed by atoms with Gasteiger partial charge in [0.2, 0.25) is 11.8 Å². The van der Waals surface area contributed by atoms with E-state index < -0.39 is 12.1 Å². The number of imidazole rings is 2. The van der Waals surface area contributed by atoms with E-state index in [1.54, 1.807) is 0 Å². The van der Waals surface area contributed by atoms with E-state index in [-0.39, 0.29) is 109 Å². The Balaban J connectivity index is 0.00000205. The van der Waals surface area contributed by atoms with Gasteiger partial charge in [0.1, 0.15) is 30.0 Å². The first-order chi connectivity index (χ1) is 27.4. The number of alkyl carbamates (subject to hydrolysis) is 1. The minimum atomic E-state index is -0.740. The highest BCUT2D eigenvalue weighted by molar-refractivity contribution is 7.60. The van der Waals surface area contributed by atoms with Crippen molar-refractivity contribution < 1.29 is 28.6 Å². The molecule has 62 heavy (non-hydrogen) atoms. The van der Waals surface area contributed by atoms with Crippen LogP contribution >= 0.6 is 67.5 Å². The van der Waals surface area contributed by atoms with Crippen LogP contribution in [0, 0.1) is 23.2 Å². The summed E-state index contributed by atoms with van der Waals surface area (Å²) in [6.45, 7) is 13.0. The third-order valence-corrected chi connectivity index (χ3v) is 12.7. The van der Waals surface area contributed by atoms with E-state index in [9.17, 15) is 14.4 Å². The number of fused-ring (bicyclic) bond motifs is 3. The van der Waals surface area contributed by atoms with Crippen molar-refractivity contribution in [1.82, 2.24) is 35.1 Å². The van der Waals surface area contributed by atoms with Gasteiger partial charge in [-0.3, -0.25) is 9.59 Å². The van der Waals surface area contributed by atoms with Gasteiger partial charge >= 0.3 is 6.09 Å². The third kappa shape index (κ3) is 10.4. The molecule has 8 rings (SSSR count). The number of carbonyl (C=O) groups is 3. The molecule has 18 heteroatoms. The topological polar surface area (TPSA) is 155 Å². The van der Waals surface area contributed by atoms with Crippen LogP contribution in [-0.4, -0.2) is 87.1 Å². The second-order valence-corrected chi connectivity index (χ2v) is 17.1. The van der Waals surface area contributed by atoms with Crippen LogP contribution in [0.25, 0.3) is 33.6 Å². The number of aromatic nitrogens is 4. The zero-order chi connectivity index (χ0) is 40.0. The monoisotopic (exact) mass is 947 g/mol. The fourth-order valence-electron chi connectivity index (χ4n) is 9.04. The summed E-state index contributed by atoms with van der Waals surface area (Å²) >= 11 is 0. The largest absolute Gasteiger partial charge is 0.487 e. The first-order valence-corrected chi connectivity index (χ1v) is 20.5. The number of nitrogens with zero attached hydrogens (tertiary/aromatic N) is 4. The Bertz CT molecular complexity index is 2140. The summed E-state index contributed by atoms with van der Waals surface area (Å²) < 4.78 is 17.1. The van der Waals surface area contributed by atoms with Gasteiger partial charge in [-0.2, -0.15) is 67.5 Å². The zero-order valence-corrected chi connectivity index (χ0v) is 41.4. The number of carbonyl (C=O) groups excluding carboxylic acids is 3. The molecule has 0 bridgehead atoms. The van der Waals surface area contributed by atoms with E-state index in [0.29, 0.717) is 37.9 Å². The molecule has 0 unspecified atom stereocenters. The number of rotatable bonds is 9.